The molecule has 2 heterocycles. The van der Waals surface area contributed by atoms with E-state index in [1.54, 1.807) is 0 Å². The molecule has 0 saturated carbocycles. The molecule has 0 radical (unpaired) electrons. The number of carbonyl (C=O) groups is 1. The first-order chi connectivity index (χ1) is 7.69. The molecular weight excluding hydrogens is 246 g/mol. The van der Waals surface area contributed by atoms with E-state index in [4.69, 9.17) is 9.63 Å². The molecule has 0 atom stereocenters. The number of halogens is 1. The number of hydrogen-bond donors (Lipinski definition) is 1. The Morgan fingerprint density at radius 3 is 2.88 bits per heavy atom. The molecule has 96 valence electrons. The van der Waals surface area contributed by atoms with Gasteiger partial charge in [-0.2, -0.15) is 4.98 Å². The molecule has 0 spiro atoms. The predicted octanol–water partition coefficient (Wildman–Crippen LogP) is 0.928. The summed E-state index contributed by atoms with van der Waals surface area (Å²) in [5.41, 5.74) is 0. The van der Waals surface area contributed by atoms with Crippen LogP contribution in [0.4, 0.5) is 0 Å². The highest BCUT2D eigenvalue weighted by atomic mass is 35.5. The average Bonchev–Trinajstić information content (AvgIpc) is 2.59. The maximum Gasteiger partial charge on any atom is 0.317 e. The van der Waals surface area contributed by atoms with Gasteiger partial charge < -0.3 is 9.63 Å². The van der Waals surface area contributed by atoms with E-state index in [9.17, 15) is 4.79 Å². The summed E-state index contributed by atoms with van der Waals surface area (Å²) in [4.78, 5) is 16.6. The number of likely N-dealkylation sites (tertiary alicyclic amines) is 1. The van der Waals surface area contributed by atoms with E-state index in [-0.39, 0.29) is 24.9 Å². The van der Waals surface area contributed by atoms with E-state index >= 15 is 0 Å². The Hall–Kier alpha value is -1.14. The average molecular weight is 262 g/mol. The SMILES string of the molecule is CCCc1noc(C2CN(CC(=O)O)C2)n1.Cl. The van der Waals surface area contributed by atoms with Crippen LogP contribution in [0.3, 0.4) is 0 Å². The zero-order valence-electron chi connectivity index (χ0n) is 9.63. The number of carboxylic acid groups (broad SMARTS) is 1. The van der Waals surface area contributed by atoms with Crippen LogP contribution in [0.5, 0.6) is 0 Å². The van der Waals surface area contributed by atoms with Gasteiger partial charge in [0.2, 0.25) is 5.89 Å². The second kappa shape index (κ2) is 5.97. The van der Waals surface area contributed by atoms with Crippen molar-refractivity contribution in [2.75, 3.05) is 19.6 Å². The van der Waals surface area contributed by atoms with Crippen molar-refractivity contribution in [2.24, 2.45) is 0 Å². The summed E-state index contributed by atoms with van der Waals surface area (Å²) in [5, 5.41) is 12.5. The molecule has 0 aliphatic carbocycles. The van der Waals surface area contributed by atoms with Crippen LogP contribution >= 0.6 is 12.4 Å². The molecule has 1 N–H and O–H groups in total. The largest absolute Gasteiger partial charge is 0.480 e. The number of carboxylic acids is 1. The summed E-state index contributed by atoms with van der Waals surface area (Å²) in [7, 11) is 0. The predicted molar refractivity (Wildman–Crippen MR) is 62.4 cm³/mol. The van der Waals surface area contributed by atoms with Crippen molar-refractivity contribution < 1.29 is 14.4 Å². The minimum Gasteiger partial charge on any atom is -0.480 e. The molecule has 2 rings (SSSR count). The van der Waals surface area contributed by atoms with Crippen LogP contribution in [0.15, 0.2) is 4.52 Å². The van der Waals surface area contributed by atoms with Gasteiger partial charge in [-0.1, -0.05) is 12.1 Å². The Bertz CT molecular complexity index is 377. The molecule has 7 heteroatoms. The highest BCUT2D eigenvalue weighted by molar-refractivity contribution is 5.85. The van der Waals surface area contributed by atoms with Crippen LogP contribution in [-0.2, 0) is 11.2 Å². The fourth-order valence-corrected chi connectivity index (χ4v) is 1.80. The third-order valence-corrected chi connectivity index (χ3v) is 2.62. The lowest BCUT2D eigenvalue weighted by atomic mass is 10.0. The van der Waals surface area contributed by atoms with Crippen LogP contribution in [0.25, 0.3) is 0 Å². The number of nitrogens with zero attached hydrogens (tertiary/aromatic N) is 3. The fourth-order valence-electron chi connectivity index (χ4n) is 1.80. The summed E-state index contributed by atoms with van der Waals surface area (Å²) < 4.78 is 5.14. The quantitative estimate of drug-likeness (QED) is 0.849. The topological polar surface area (TPSA) is 79.5 Å². The maximum atomic E-state index is 10.4. The molecule has 0 amide bonds. The van der Waals surface area contributed by atoms with E-state index in [2.05, 4.69) is 17.1 Å². The lowest BCUT2D eigenvalue weighted by Crippen LogP contribution is -2.47. The third-order valence-electron chi connectivity index (χ3n) is 2.62. The first-order valence-electron chi connectivity index (χ1n) is 5.45. The van der Waals surface area contributed by atoms with Crippen molar-refractivity contribution in [1.29, 1.82) is 0 Å². The fraction of sp³-hybridized carbons (Fsp3) is 0.700. The normalized spacial score (nSPS) is 16.3. The zero-order chi connectivity index (χ0) is 11.5. The minimum absolute atomic E-state index is 0. The molecule has 1 fully saturated rings. The van der Waals surface area contributed by atoms with Crippen molar-refractivity contribution >= 4 is 18.4 Å². The van der Waals surface area contributed by atoms with Crippen LogP contribution in [-0.4, -0.2) is 45.8 Å². The van der Waals surface area contributed by atoms with Crippen molar-refractivity contribution in [1.82, 2.24) is 15.0 Å². The van der Waals surface area contributed by atoms with Crippen molar-refractivity contribution in [2.45, 2.75) is 25.7 Å². The van der Waals surface area contributed by atoms with Crippen molar-refractivity contribution in [3.63, 3.8) is 0 Å². The van der Waals surface area contributed by atoms with Crippen molar-refractivity contribution in [3.8, 4) is 0 Å². The number of hydrogen-bond acceptors (Lipinski definition) is 5. The molecule has 1 aliphatic rings. The third kappa shape index (κ3) is 3.41. The number of aromatic nitrogens is 2. The Morgan fingerprint density at radius 1 is 1.59 bits per heavy atom. The van der Waals surface area contributed by atoms with Gasteiger partial charge in [0, 0.05) is 19.5 Å². The summed E-state index contributed by atoms with van der Waals surface area (Å²) in [6, 6.07) is 0. The summed E-state index contributed by atoms with van der Waals surface area (Å²) in [6.45, 7) is 3.54. The molecule has 0 unspecified atom stereocenters. The van der Waals surface area contributed by atoms with E-state index < -0.39 is 5.97 Å². The van der Waals surface area contributed by atoms with Gasteiger partial charge in [-0.3, -0.25) is 9.69 Å². The van der Waals surface area contributed by atoms with E-state index in [0.29, 0.717) is 19.0 Å². The van der Waals surface area contributed by atoms with E-state index in [1.165, 1.54) is 0 Å². The summed E-state index contributed by atoms with van der Waals surface area (Å²) >= 11 is 0. The number of aliphatic carboxylic acids is 1. The summed E-state index contributed by atoms with van der Waals surface area (Å²) in [5.74, 6) is 0.799. The molecule has 1 aromatic rings. The van der Waals surface area contributed by atoms with Gasteiger partial charge in [0.15, 0.2) is 5.82 Å². The lowest BCUT2D eigenvalue weighted by Gasteiger charge is -2.35. The molecule has 0 aromatic carbocycles. The van der Waals surface area contributed by atoms with Gasteiger partial charge in [-0.05, 0) is 6.42 Å². The highest BCUT2D eigenvalue weighted by Crippen LogP contribution is 2.25. The minimum atomic E-state index is -0.796. The molecule has 1 saturated heterocycles. The van der Waals surface area contributed by atoms with E-state index in [0.717, 1.165) is 18.7 Å². The second-order valence-electron chi connectivity index (χ2n) is 4.08. The summed E-state index contributed by atoms with van der Waals surface area (Å²) in [6.07, 6.45) is 1.82. The molecule has 0 bridgehead atoms. The van der Waals surface area contributed by atoms with Gasteiger partial charge in [0.05, 0.1) is 12.5 Å². The van der Waals surface area contributed by atoms with Crippen LogP contribution in [0.2, 0.25) is 0 Å². The van der Waals surface area contributed by atoms with Crippen molar-refractivity contribution in [3.05, 3.63) is 11.7 Å². The van der Waals surface area contributed by atoms with Gasteiger partial charge in [-0.25, -0.2) is 0 Å². The first-order valence-corrected chi connectivity index (χ1v) is 5.45. The molecule has 17 heavy (non-hydrogen) atoms. The maximum absolute atomic E-state index is 10.4. The molecule has 1 aliphatic heterocycles. The second-order valence-corrected chi connectivity index (χ2v) is 4.08. The monoisotopic (exact) mass is 261 g/mol. The molecule has 1 aromatic heterocycles. The van der Waals surface area contributed by atoms with Crippen LogP contribution in [0.1, 0.15) is 31.0 Å². The number of rotatable bonds is 5. The Labute approximate surface area is 105 Å². The smallest absolute Gasteiger partial charge is 0.317 e. The molecular formula is C10H16ClN3O3. The highest BCUT2D eigenvalue weighted by Gasteiger charge is 2.33. The van der Waals surface area contributed by atoms with Gasteiger partial charge in [0.25, 0.3) is 0 Å². The van der Waals surface area contributed by atoms with E-state index in [1.807, 2.05) is 4.90 Å². The number of aryl methyl sites for hydroxylation is 1. The Morgan fingerprint density at radius 2 is 2.29 bits per heavy atom. The van der Waals surface area contributed by atoms with Crippen LogP contribution < -0.4 is 0 Å². The van der Waals surface area contributed by atoms with Gasteiger partial charge >= 0.3 is 5.97 Å². The lowest BCUT2D eigenvalue weighted by molar-refractivity contribution is -0.139. The standard InChI is InChI=1S/C10H15N3O3.ClH/c1-2-3-8-11-10(16-12-8)7-4-13(5-7)6-9(14)15;/h7H,2-6H2,1H3,(H,14,15);1H. The Balaban J connectivity index is 0.00000144. The van der Waals surface area contributed by atoms with Gasteiger partial charge in [-0.15, -0.1) is 12.4 Å². The van der Waals surface area contributed by atoms with Gasteiger partial charge in [0.1, 0.15) is 0 Å². The molecule has 6 nitrogen and oxygen atoms in total. The van der Waals surface area contributed by atoms with Crippen LogP contribution in [0, 0.1) is 0 Å². The Kier molecular flexibility index (Phi) is 4.89. The zero-order valence-corrected chi connectivity index (χ0v) is 10.4. The first kappa shape index (κ1) is 13.9.